The number of ether oxygens (including phenoxy) is 6. The minimum Gasteiger partial charge on any atom is -0.486 e. The van der Waals surface area contributed by atoms with Gasteiger partial charge in [0.1, 0.15) is 46.5 Å². The molecule has 4 aromatic carbocycles. The molecule has 0 aromatic heterocycles. The van der Waals surface area contributed by atoms with Crippen molar-refractivity contribution >= 4 is 90.1 Å². The molecule has 2 N–H and O–H groups in total. The van der Waals surface area contributed by atoms with E-state index in [9.17, 15) is 44.8 Å². The molecule has 2 amide bonds. The van der Waals surface area contributed by atoms with Crippen molar-refractivity contribution in [3.05, 3.63) is 94.5 Å². The van der Waals surface area contributed by atoms with Crippen molar-refractivity contribution in [2.75, 3.05) is 45.5 Å². The molecule has 24 heteroatoms. The molecule has 74 heavy (non-hydrogen) atoms. The second kappa shape index (κ2) is 24.1. The van der Waals surface area contributed by atoms with Crippen molar-refractivity contribution in [1.82, 2.24) is 0 Å². The molecule has 0 saturated heterocycles. The highest BCUT2D eigenvalue weighted by atomic mass is 35.5. The Morgan fingerprint density at radius 1 is 0.622 bits per heavy atom. The molecule has 4 atom stereocenters. The van der Waals surface area contributed by atoms with Crippen LogP contribution in [0.2, 0.25) is 10.0 Å². The quantitative estimate of drug-likeness (QED) is 0.0886. The Bertz CT molecular complexity index is 2760. The lowest BCUT2D eigenvalue weighted by Gasteiger charge is -2.36. The molecular formula is C50H60Cl2F2N4O14S2. The summed E-state index contributed by atoms with van der Waals surface area (Å²) in [4.78, 5) is 48.4. The number of rotatable bonds is 14. The topological polar surface area (TPSA) is 222 Å². The van der Waals surface area contributed by atoms with Crippen molar-refractivity contribution in [2.45, 2.75) is 115 Å². The van der Waals surface area contributed by atoms with Crippen molar-refractivity contribution in [3.8, 4) is 11.5 Å². The van der Waals surface area contributed by atoms with E-state index < -0.39 is 91.1 Å². The first-order valence-corrected chi connectivity index (χ1v) is 27.0. The van der Waals surface area contributed by atoms with Gasteiger partial charge in [0.25, 0.3) is 20.0 Å². The van der Waals surface area contributed by atoms with E-state index >= 15 is 0 Å². The van der Waals surface area contributed by atoms with E-state index in [0.29, 0.717) is 0 Å². The van der Waals surface area contributed by atoms with Gasteiger partial charge in [-0.05, 0) is 141 Å². The zero-order valence-electron chi connectivity index (χ0n) is 42.4. The summed E-state index contributed by atoms with van der Waals surface area (Å²) in [5.41, 5.74) is -0.634. The van der Waals surface area contributed by atoms with Crippen LogP contribution in [0.3, 0.4) is 0 Å². The van der Waals surface area contributed by atoms with Gasteiger partial charge in [-0.1, -0.05) is 37.0 Å². The summed E-state index contributed by atoms with van der Waals surface area (Å²) in [6.07, 6.45) is -2.45. The first-order chi connectivity index (χ1) is 34.4. The number of fused-ring (bicyclic) bond motifs is 2. The fourth-order valence-electron chi connectivity index (χ4n) is 7.40. The molecule has 2 aliphatic heterocycles. The highest BCUT2D eigenvalue weighted by Gasteiger charge is 2.39. The van der Waals surface area contributed by atoms with Crippen molar-refractivity contribution in [2.24, 2.45) is 11.8 Å². The van der Waals surface area contributed by atoms with Gasteiger partial charge < -0.3 is 28.4 Å². The van der Waals surface area contributed by atoms with Gasteiger partial charge in [-0.2, -0.15) is 0 Å². The third-order valence-electron chi connectivity index (χ3n) is 10.6. The number of amides is 2. The van der Waals surface area contributed by atoms with Gasteiger partial charge in [-0.15, -0.1) is 0 Å². The predicted molar refractivity (Wildman–Crippen MR) is 274 cm³/mol. The van der Waals surface area contributed by atoms with E-state index in [1.54, 1.807) is 81.4 Å². The number of benzene rings is 4. The highest BCUT2D eigenvalue weighted by molar-refractivity contribution is 7.93. The average Bonchev–Trinajstić information content (AvgIpc) is 3.29. The van der Waals surface area contributed by atoms with Crippen molar-refractivity contribution in [3.63, 3.8) is 0 Å². The normalized spacial score (nSPS) is 16.3. The lowest BCUT2D eigenvalue weighted by atomic mass is 10.0. The van der Waals surface area contributed by atoms with Crippen LogP contribution in [0.15, 0.2) is 82.6 Å². The monoisotopic (exact) mass is 1110 g/mol. The predicted octanol–water partition coefficient (Wildman–Crippen LogP) is 10.7. The maximum atomic E-state index is 13.7. The molecule has 0 spiro atoms. The van der Waals surface area contributed by atoms with Crippen LogP contribution >= 0.6 is 23.2 Å². The number of carbonyl (C=O) groups is 4. The van der Waals surface area contributed by atoms with Gasteiger partial charge in [-0.3, -0.25) is 28.8 Å². The number of nitrogens with zero attached hydrogens (tertiary/aromatic N) is 2. The van der Waals surface area contributed by atoms with Gasteiger partial charge in [0, 0.05) is 11.4 Å². The van der Waals surface area contributed by atoms with Crippen LogP contribution in [0.5, 0.6) is 11.5 Å². The molecular weight excluding hydrogens is 1050 g/mol. The van der Waals surface area contributed by atoms with Gasteiger partial charge in [0.05, 0.1) is 69.4 Å². The van der Waals surface area contributed by atoms with Crippen LogP contribution in [-0.4, -0.2) is 90.7 Å². The molecule has 404 valence electrons. The Morgan fingerprint density at radius 2 is 0.973 bits per heavy atom. The Morgan fingerprint density at radius 3 is 1.28 bits per heavy atom. The highest BCUT2D eigenvalue weighted by Crippen LogP contribution is 2.42. The summed E-state index contributed by atoms with van der Waals surface area (Å²) in [5.74, 6) is -3.02. The zero-order valence-corrected chi connectivity index (χ0v) is 45.6. The number of hydrogen-bond donors (Lipinski definition) is 2. The van der Waals surface area contributed by atoms with E-state index in [1.807, 2.05) is 0 Å². The SMILES string of the molecule is CCOC(=O)[C@@H](C)C[C@H]1CN(S(=O)(=O)c2ccc(F)c(Cl)c2)c2cc(NC(=O)OC(C)(C)C)ccc2O1.CCOC(=O)[C@H](C)C[C@H]1CN(S(=O)(=O)c2ccc(F)c(Cl)c2)c2cc(NC(=O)OC(C)(C)C)ccc2O1. The fraction of sp³-hybridized carbons (Fsp3) is 0.440. The molecule has 0 bridgehead atoms. The Kier molecular flexibility index (Phi) is 19.1. The summed E-state index contributed by atoms with van der Waals surface area (Å²) in [7, 11) is -8.49. The smallest absolute Gasteiger partial charge is 0.412 e. The van der Waals surface area contributed by atoms with Crippen molar-refractivity contribution < 1.29 is 73.2 Å². The molecule has 0 aliphatic carbocycles. The molecule has 0 saturated carbocycles. The van der Waals surface area contributed by atoms with Crippen molar-refractivity contribution in [1.29, 1.82) is 0 Å². The van der Waals surface area contributed by atoms with Gasteiger partial charge in [0.15, 0.2) is 0 Å². The minimum absolute atomic E-state index is 0.147. The summed E-state index contributed by atoms with van der Waals surface area (Å²) in [5, 5.41) is 4.47. The maximum Gasteiger partial charge on any atom is 0.412 e. The number of nitrogens with one attached hydrogen (secondary N) is 2. The van der Waals surface area contributed by atoms with Crippen LogP contribution in [0.4, 0.5) is 41.1 Å². The number of sulfonamides is 2. The summed E-state index contributed by atoms with van der Waals surface area (Å²) >= 11 is 11.7. The molecule has 0 radical (unpaired) electrons. The van der Waals surface area contributed by atoms with Crippen LogP contribution in [0.25, 0.3) is 0 Å². The second-order valence-corrected chi connectivity index (χ2v) is 23.6. The molecule has 0 fully saturated rings. The first kappa shape index (κ1) is 58.8. The van der Waals surface area contributed by atoms with Crippen LogP contribution < -0.4 is 28.7 Å². The standard InChI is InChI=1S/2C25H30ClFN2O7S/c2*1-6-34-23(30)15(2)11-17-14-29(37(32,33)18-8-9-20(27)19(26)13-18)21-12-16(7-10-22(21)35-17)28-24(31)36-25(3,4)5/h2*7-10,12-13,15,17H,6,11,14H2,1-5H3,(H,28,31)/t15-,17+;15-,17-/m10/s1. The van der Waals surface area contributed by atoms with Gasteiger partial charge in [-0.25, -0.2) is 35.2 Å². The third-order valence-corrected chi connectivity index (χ3v) is 14.8. The number of carbonyl (C=O) groups excluding carboxylic acids is 4. The number of hydrogen-bond acceptors (Lipinski definition) is 14. The van der Waals surface area contributed by atoms with E-state index in [2.05, 4.69) is 10.6 Å². The van der Waals surface area contributed by atoms with E-state index in [-0.39, 0.29) is 93.2 Å². The molecule has 0 unspecified atom stereocenters. The molecule has 2 aliphatic rings. The maximum absolute atomic E-state index is 13.7. The summed E-state index contributed by atoms with van der Waals surface area (Å²) in [6, 6.07) is 15.2. The van der Waals surface area contributed by atoms with Crippen LogP contribution in [0, 0.1) is 23.5 Å². The van der Waals surface area contributed by atoms with Crippen LogP contribution in [-0.2, 0) is 48.6 Å². The zero-order chi connectivity index (χ0) is 55.1. The Hall–Kier alpha value is -6.10. The number of esters is 2. The largest absolute Gasteiger partial charge is 0.486 e. The fourth-order valence-corrected chi connectivity index (χ4v) is 10.9. The van der Waals surface area contributed by atoms with E-state index in [0.717, 1.165) is 45.0 Å². The summed E-state index contributed by atoms with van der Waals surface area (Å²) < 4.78 is 117. The number of halogens is 4. The average molecular weight is 1110 g/mol. The molecule has 4 aromatic rings. The van der Waals surface area contributed by atoms with Gasteiger partial charge >= 0.3 is 24.1 Å². The second-order valence-electron chi connectivity index (χ2n) is 19.1. The molecule has 18 nitrogen and oxygen atoms in total. The summed E-state index contributed by atoms with van der Waals surface area (Å²) in [6.45, 7) is 17.2. The van der Waals surface area contributed by atoms with E-state index in [1.165, 1.54) is 24.3 Å². The number of anilines is 4. The third kappa shape index (κ3) is 15.5. The molecule has 6 rings (SSSR count). The minimum atomic E-state index is -4.25. The Labute approximate surface area is 439 Å². The van der Waals surface area contributed by atoms with Gasteiger partial charge in [0.2, 0.25) is 0 Å². The lowest BCUT2D eigenvalue weighted by Crippen LogP contribution is -2.44. The first-order valence-electron chi connectivity index (χ1n) is 23.3. The molecule has 2 heterocycles. The lowest BCUT2D eigenvalue weighted by molar-refractivity contribution is -0.149. The Balaban J connectivity index is 0.000000274. The van der Waals surface area contributed by atoms with Crippen LogP contribution in [0.1, 0.15) is 82.1 Å². The van der Waals surface area contributed by atoms with E-state index in [4.69, 9.17) is 51.6 Å².